The van der Waals surface area contributed by atoms with Gasteiger partial charge in [-0.15, -0.1) is 0 Å². The number of benzene rings is 1. The largest absolute Gasteiger partial charge is 0.387 e. The molecule has 0 radical (unpaired) electrons. The van der Waals surface area contributed by atoms with Gasteiger partial charge in [-0.1, -0.05) is 23.8 Å². The number of hydrogen-bond donors (Lipinski definition) is 1. The second-order valence-electron chi connectivity index (χ2n) is 11.1. The van der Waals surface area contributed by atoms with Crippen LogP contribution < -0.4 is 0 Å². The normalized spacial score (nSPS) is 38.3. The first-order valence-corrected chi connectivity index (χ1v) is 12.4. The lowest BCUT2D eigenvalue weighted by atomic mass is 9.56. The summed E-state index contributed by atoms with van der Waals surface area (Å²) in [6.45, 7) is 6.19. The predicted molar refractivity (Wildman–Crippen MR) is 117 cm³/mol. The van der Waals surface area contributed by atoms with Crippen molar-refractivity contribution in [3.63, 3.8) is 0 Å². The van der Waals surface area contributed by atoms with Crippen molar-refractivity contribution in [3.05, 3.63) is 34.9 Å². The smallest absolute Gasteiger partial charge is 0.225 e. The maximum atomic E-state index is 13.5. The second kappa shape index (κ2) is 6.80. The van der Waals surface area contributed by atoms with Gasteiger partial charge in [0.2, 0.25) is 5.91 Å². The molecule has 4 nitrogen and oxygen atoms in total. The van der Waals surface area contributed by atoms with E-state index in [4.69, 9.17) is 0 Å². The highest BCUT2D eigenvalue weighted by molar-refractivity contribution is 5.80. The summed E-state index contributed by atoms with van der Waals surface area (Å²) in [6, 6.07) is 7.04. The van der Waals surface area contributed by atoms with Crippen molar-refractivity contribution in [3.8, 4) is 0 Å². The zero-order valence-electron chi connectivity index (χ0n) is 18.4. The van der Waals surface area contributed by atoms with Gasteiger partial charge in [-0.3, -0.25) is 9.69 Å². The quantitative estimate of drug-likeness (QED) is 0.833. The summed E-state index contributed by atoms with van der Waals surface area (Å²) in [5.74, 6) is 1.12. The lowest BCUT2D eigenvalue weighted by Gasteiger charge is -2.59. The first-order chi connectivity index (χ1) is 14.5. The summed E-state index contributed by atoms with van der Waals surface area (Å²) < 4.78 is 0. The van der Waals surface area contributed by atoms with Gasteiger partial charge in [-0.2, -0.15) is 0 Å². The van der Waals surface area contributed by atoms with Gasteiger partial charge in [-0.05, 0) is 88.3 Å². The third-order valence-corrected chi connectivity index (χ3v) is 9.20. The van der Waals surface area contributed by atoms with Gasteiger partial charge in [0.05, 0.1) is 5.60 Å². The van der Waals surface area contributed by atoms with Crippen molar-refractivity contribution in [2.24, 2.45) is 11.8 Å². The Labute approximate surface area is 180 Å². The fourth-order valence-corrected chi connectivity index (χ4v) is 7.50. The zero-order chi connectivity index (χ0) is 20.5. The minimum atomic E-state index is -0.767. The molecular formula is C26H36N2O2. The molecule has 1 N–H and O–H groups in total. The highest BCUT2D eigenvalue weighted by atomic mass is 16.3. The van der Waals surface area contributed by atoms with Crippen LogP contribution in [0.1, 0.15) is 68.1 Å². The molecule has 30 heavy (non-hydrogen) atoms. The van der Waals surface area contributed by atoms with Gasteiger partial charge in [0.25, 0.3) is 0 Å². The molecule has 4 atom stereocenters. The van der Waals surface area contributed by atoms with Crippen molar-refractivity contribution < 1.29 is 9.90 Å². The fourth-order valence-electron chi connectivity index (χ4n) is 7.50. The summed E-state index contributed by atoms with van der Waals surface area (Å²) in [5, 5.41) is 12.4. The van der Waals surface area contributed by atoms with Crippen LogP contribution in [0.4, 0.5) is 0 Å². The Bertz CT molecular complexity index is 859. The molecule has 162 valence electrons. The monoisotopic (exact) mass is 408 g/mol. The van der Waals surface area contributed by atoms with Crippen molar-refractivity contribution in [1.29, 1.82) is 0 Å². The Morgan fingerprint density at radius 3 is 2.70 bits per heavy atom. The number of aliphatic hydroxyl groups is 1. The molecule has 0 unspecified atom stereocenters. The van der Waals surface area contributed by atoms with E-state index in [1.165, 1.54) is 36.0 Å². The molecule has 1 amide bonds. The van der Waals surface area contributed by atoms with Gasteiger partial charge in [0.15, 0.2) is 0 Å². The van der Waals surface area contributed by atoms with E-state index in [9.17, 15) is 9.90 Å². The second-order valence-corrected chi connectivity index (χ2v) is 11.1. The van der Waals surface area contributed by atoms with Crippen molar-refractivity contribution in [2.75, 3.05) is 26.2 Å². The highest BCUT2D eigenvalue weighted by Gasteiger charge is 2.68. The van der Waals surface area contributed by atoms with E-state index in [1.54, 1.807) is 0 Å². The van der Waals surface area contributed by atoms with Gasteiger partial charge in [0, 0.05) is 37.0 Å². The first kappa shape index (κ1) is 19.3. The summed E-state index contributed by atoms with van der Waals surface area (Å²) >= 11 is 0. The SMILES string of the molecule is Cc1ccc2c(c1)[C@]13CCN(CC4CC4)[C@H](C2)[C@]1(O)C[C@@H](C(=O)N1CCCCC1)C3. The number of amides is 1. The van der Waals surface area contributed by atoms with E-state index in [1.807, 2.05) is 0 Å². The Kier molecular flexibility index (Phi) is 4.38. The van der Waals surface area contributed by atoms with Crippen LogP contribution in [-0.4, -0.2) is 58.6 Å². The molecule has 2 aliphatic heterocycles. The molecule has 2 saturated carbocycles. The summed E-state index contributed by atoms with van der Waals surface area (Å²) in [4.78, 5) is 18.2. The number of carbonyl (C=O) groups is 1. The molecule has 3 aliphatic carbocycles. The van der Waals surface area contributed by atoms with Gasteiger partial charge < -0.3 is 10.0 Å². The van der Waals surface area contributed by atoms with E-state index >= 15 is 0 Å². The van der Waals surface area contributed by atoms with Gasteiger partial charge in [-0.25, -0.2) is 0 Å². The lowest BCUT2D eigenvalue weighted by Crippen LogP contribution is -2.69. The highest BCUT2D eigenvalue weighted by Crippen LogP contribution is 2.62. The van der Waals surface area contributed by atoms with E-state index in [0.29, 0.717) is 12.3 Å². The number of nitrogens with zero attached hydrogens (tertiary/aromatic N) is 2. The number of carbonyl (C=O) groups excluding carboxylic acids is 1. The molecule has 2 saturated heterocycles. The zero-order valence-corrected chi connectivity index (χ0v) is 18.4. The average molecular weight is 409 g/mol. The average Bonchev–Trinajstić information content (AvgIpc) is 3.50. The molecule has 2 bridgehead atoms. The number of rotatable bonds is 3. The number of aryl methyl sites for hydroxylation is 1. The van der Waals surface area contributed by atoms with Crippen molar-refractivity contribution in [2.45, 2.75) is 81.8 Å². The predicted octanol–water partition coefficient (Wildman–Crippen LogP) is 3.43. The van der Waals surface area contributed by atoms with Crippen LogP contribution >= 0.6 is 0 Å². The molecule has 0 aromatic heterocycles. The summed E-state index contributed by atoms with van der Waals surface area (Å²) in [5.41, 5.74) is 3.04. The first-order valence-electron chi connectivity index (χ1n) is 12.4. The molecule has 4 fully saturated rings. The van der Waals surface area contributed by atoms with E-state index in [0.717, 1.165) is 64.2 Å². The fraction of sp³-hybridized carbons (Fsp3) is 0.731. The molecule has 0 spiro atoms. The number of hydrogen-bond acceptors (Lipinski definition) is 3. The molecular weight excluding hydrogens is 372 g/mol. The minimum Gasteiger partial charge on any atom is -0.387 e. The van der Waals surface area contributed by atoms with Gasteiger partial charge in [0.1, 0.15) is 0 Å². The maximum Gasteiger partial charge on any atom is 0.225 e. The Morgan fingerprint density at radius 1 is 1.13 bits per heavy atom. The van der Waals surface area contributed by atoms with E-state index in [2.05, 4.69) is 34.9 Å². The molecule has 6 rings (SSSR count). The van der Waals surface area contributed by atoms with Crippen LogP contribution in [0.25, 0.3) is 0 Å². The van der Waals surface area contributed by atoms with Crippen LogP contribution in [-0.2, 0) is 16.6 Å². The van der Waals surface area contributed by atoms with Crippen LogP contribution in [0.5, 0.6) is 0 Å². The van der Waals surface area contributed by atoms with E-state index in [-0.39, 0.29) is 17.4 Å². The number of likely N-dealkylation sites (tertiary alicyclic amines) is 2. The molecule has 2 heterocycles. The third kappa shape index (κ3) is 2.75. The van der Waals surface area contributed by atoms with E-state index < -0.39 is 5.60 Å². The van der Waals surface area contributed by atoms with Gasteiger partial charge >= 0.3 is 0 Å². The van der Waals surface area contributed by atoms with Crippen LogP contribution in [0.3, 0.4) is 0 Å². The number of fused-ring (bicyclic) bond motifs is 1. The molecule has 4 heteroatoms. The maximum absolute atomic E-state index is 13.5. The van der Waals surface area contributed by atoms with Crippen LogP contribution in [0.2, 0.25) is 0 Å². The topological polar surface area (TPSA) is 43.8 Å². The standard InChI is InChI=1S/C26H36N2O2/c1-18-5-8-20-14-23-26(30)16-21(24(29)27-10-3-2-4-11-27)15-25(26,22(20)13-18)9-12-28(23)17-19-6-7-19/h5,8,13,19,21,23,30H,2-4,6-7,9-12,14-17H2,1H3/t21-,23+,25+,26+/m0/s1. The molecule has 1 aromatic rings. The number of piperidine rings is 2. The third-order valence-electron chi connectivity index (χ3n) is 9.20. The minimum absolute atomic E-state index is 0.0251. The summed E-state index contributed by atoms with van der Waals surface area (Å²) in [7, 11) is 0. The Balaban J connectivity index is 1.39. The molecule has 5 aliphatic rings. The Morgan fingerprint density at radius 2 is 1.93 bits per heavy atom. The van der Waals surface area contributed by atoms with Crippen LogP contribution in [0, 0.1) is 18.8 Å². The van der Waals surface area contributed by atoms with Crippen LogP contribution in [0.15, 0.2) is 18.2 Å². The Hall–Kier alpha value is -1.39. The molecule has 1 aromatic carbocycles. The lowest BCUT2D eigenvalue weighted by molar-refractivity contribution is -0.140. The summed E-state index contributed by atoms with van der Waals surface area (Å²) in [6.07, 6.45) is 9.62. The van der Waals surface area contributed by atoms with Crippen molar-refractivity contribution >= 4 is 5.91 Å². The van der Waals surface area contributed by atoms with Crippen molar-refractivity contribution in [1.82, 2.24) is 9.80 Å².